The number of aromatic nitrogens is 1. The molecule has 1 saturated heterocycles. The van der Waals surface area contributed by atoms with E-state index in [1.165, 1.54) is 12.1 Å². The molecular formula is C36H44F2N2O5. The Hall–Kier alpha value is -3.72. The first-order valence-electron chi connectivity index (χ1n) is 15.7. The van der Waals surface area contributed by atoms with E-state index in [0.717, 1.165) is 60.1 Å². The second kappa shape index (κ2) is 12.6. The topological polar surface area (TPSA) is 81.1 Å². The fraction of sp³-hybridized carbons (Fsp3) is 0.500. The molecule has 0 aliphatic carbocycles. The van der Waals surface area contributed by atoms with Crippen molar-refractivity contribution < 1.29 is 32.9 Å². The largest absolute Gasteiger partial charge is 0.487 e. The van der Waals surface area contributed by atoms with Gasteiger partial charge in [-0.2, -0.15) is 4.39 Å². The summed E-state index contributed by atoms with van der Waals surface area (Å²) in [6.07, 6.45) is 1.78. The van der Waals surface area contributed by atoms with Crippen molar-refractivity contribution in [2.24, 2.45) is 5.41 Å². The van der Waals surface area contributed by atoms with Gasteiger partial charge in [0, 0.05) is 35.6 Å². The second-order valence-corrected chi connectivity index (χ2v) is 14.0. The third-order valence-corrected chi connectivity index (χ3v) is 8.69. The summed E-state index contributed by atoms with van der Waals surface area (Å²) < 4.78 is 45.7. The van der Waals surface area contributed by atoms with Crippen LogP contribution in [0.5, 0.6) is 11.5 Å². The summed E-state index contributed by atoms with van der Waals surface area (Å²) in [5.41, 5.74) is 5.27. The minimum Gasteiger partial charge on any atom is -0.487 e. The number of fused-ring (bicyclic) bond motifs is 1. The summed E-state index contributed by atoms with van der Waals surface area (Å²) in [7, 11) is 0. The Kier molecular flexibility index (Phi) is 9.13. The number of ether oxygens (including phenoxy) is 3. The number of nitrogens with zero attached hydrogens (tertiary/aromatic N) is 2. The van der Waals surface area contributed by atoms with E-state index in [4.69, 9.17) is 19.2 Å². The van der Waals surface area contributed by atoms with Crippen LogP contribution < -0.4 is 14.4 Å². The van der Waals surface area contributed by atoms with Crippen molar-refractivity contribution in [3.8, 4) is 22.6 Å². The molecule has 1 unspecified atom stereocenters. The molecule has 7 nitrogen and oxygen atoms in total. The fourth-order valence-corrected chi connectivity index (χ4v) is 6.25. The number of anilines is 1. The highest BCUT2D eigenvalue weighted by Crippen LogP contribution is 2.46. The first kappa shape index (κ1) is 32.7. The smallest absolute Gasteiger partial charge is 0.337 e. The molecule has 0 saturated carbocycles. The van der Waals surface area contributed by atoms with Crippen molar-refractivity contribution in [3.05, 3.63) is 70.5 Å². The van der Waals surface area contributed by atoms with Gasteiger partial charge < -0.3 is 24.2 Å². The van der Waals surface area contributed by atoms with Crippen LogP contribution in [0.3, 0.4) is 0 Å². The van der Waals surface area contributed by atoms with Crippen LogP contribution in [0.15, 0.2) is 36.4 Å². The summed E-state index contributed by atoms with van der Waals surface area (Å²) in [6, 6.07) is 9.86. The lowest BCUT2D eigenvalue weighted by molar-refractivity contribution is -0.160. The number of aliphatic carboxylic acids is 1. The highest BCUT2D eigenvalue weighted by Gasteiger charge is 2.37. The molecule has 1 fully saturated rings. The first-order chi connectivity index (χ1) is 21.1. The van der Waals surface area contributed by atoms with Crippen LogP contribution in [0.25, 0.3) is 11.1 Å². The van der Waals surface area contributed by atoms with Crippen LogP contribution in [0.1, 0.15) is 82.5 Å². The zero-order chi connectivity index (χ0) is 32.7. The lowest BCUT2D eigenvalue weighted by atomic mass is 9.81. The van der Waals surface area contributed by atoms with Gasteiger partial charge in [-0.3, -0.25) is 4.98 Å². The molecule has 1 aromatic heterocycles. The number of hydrogen-bond donors (Lipinski definition) is 1. The average Bonchev–Trinajstić information content (AvgIpc) is 2.96. The van der Waals surface area contributed by atoms with Gasteiger partial charge in [-0.1, -0.05) is 26.0 Å². The van der Waals surface area contributed by atoms with E-state index in [2.05, 4.69) is 24.8 Å². The quantitative estimate of drug-likeness (QED) is 0.273. The number of aryl methyl sites for hydroxylation is 3. The van der Waals surface area contributed by atoms with E-state index < -0.39 is 29.3 Å². The molecule has 0 radical (unpaired) electrons. The van der Waals surface area contributed by atoms with E-state index in [1.54, 1.807) is 0 Å². The minimum absolute atomic E-state index is 0.0890. The molecule has 3 aromatic rings. The second-order valence-electron chi connectivity index (χ2n) is 14.0. The van der Waals surface area contributed by atoms with E-state index in [0.29, 0.717) is 29.8 Å². The number of piperidine rings is 1. The predicted octanol–water partition coefficient (Wildman–Crippen LogP) is 7.98. The van der Waals surface area contributed by atoms with Crippen LogP contribution >= 0.6 is 0 Å². The van der Waals surface area contributed by atoms with Crippen molar-refractivity contribution in [1.82, 2.24) is 4.98 Å². The van der Waals surface area contributed by atoms with Gasteiger partial charge >= 0.3 is 5.97 Å². The summed E-state index contributed by atoms with van der Waals surface area (Å²) in [6.45, 7) is 15.6. The van der Waals surface area contributed by atoms with Crippen LogP contribution in [0.2, 0.25) is 0 Å². The highest BCUT2D eigenvalue weighted by atomic mass is 19.2. The van der Waals surface area contributed by atoms with E-state index >= 15 is 0 Å². The van der Waals surface area contributed by atoms with Crippen molar-refractivity contribution >= 4 is 11.7 Å². The standard InChI is InChI=1S/C36H44F2N2O5/c1-21-29(24-12-14-27-23(19-24)11-13-25(44-27)20-43-28-10-8-9-26(37)31(28)38)32(40-17-15-36(6,7)16-18-40)30(22(2)39-21)33(34(41)42)45-35(3,4)5/h8-10,12,14,19,25,33H,11,13,15-18,20H2,1-7H3,(H,41,42)/t25?,33-/m0/s1. The number of pyridine rings is 1. The molecule has 45 heavy (non-hydrogen) atoms. The maximum atomic E-state index is 14.1. The van der Waals surface area contributed by atoms with Crippen molar-refractivity contribution in [2.75, 3.05) is 24.6 Å². The molecule has 2 atom stereocenters. The molecular weight excluding hydrogens is 578 g/mol. The average molecular weight is 623 g/mol. The lowest BCUT2D eigenvalue weighted by Gasteiger charge is -2.41. The SMILES string of the molecule is Cc1nc(C)c([C@H](OC(C)(C)C)C(=O)O)c(N2CCC(C)(C)CC2)c1-c1ccc2c(c1)CCC(COc1cccc(F)c1F)O2. The van der Waals surface area contributed by atoms with Crippen molar-refractivity contribution in [2.45, 2.75) is 92.0 Å². The Morgan fingerprint density at radius 3 is 2.51 bits per heavy atom. The molecule has 9 heteroatoms. The van der Waals surface area contributed by atoms with Gasteiger partial charge in [0.15, 0.2) is 17.7 Å². The monoisotopic (exact) mass is 622 g/mol. The van der Waals surface area contributed by atoms with Gasteiger partial charge in [0.2, 0.25) is 5.82 Å². The Morgan fingerprint density at radius 1 is 1.13 bits per heavy atom. The minimum atomic E-state index is -1.19. The Balaban J connectivity index is 1.52. The molecule has 0 amide bonds. The number of carbonyl (C=O) groups is 1. The number of hydrogen-bond acceptors (Lipinski definition) is 6. The molecule has 5 rings (SSSR count). The maximum absolute atomic E-state index is 14.1. The van der Waals surface area contributed by atoms with Gasteiger partial charge in [0.25, 0.3) is 0 Å². The van der Waals surface area contributed by atoms with E-state index in [9.17, 15) is 18.7 Å². The lowest BCUT2D eigenvalue weighted by Crippen LogP contribution is -2.39. The zero-order valence-corrected chi connectivity index (χ0v) is 27.3. The summed E-state index contributed by atoms with van der Waals surface area (Å²) >= 11 is 0. The van der Waals surface area contributed by atoms with Crippen molar-refractivity contribution in [3.63, 3.8) is 0 Å². The van der Waals surface area contributed by atoms with Gasteiger partial charge in [-0.25, -0.2) is 9.18 Å². The number of rotatable bonds is 8. The first-order valence-corrected chi connectivity index (χ1v) is 15.7. The van der Waals surface area contributed by atoms with Gasteiger partial charge in [0.05, 0.1) is 11.3 Å². The van der Waals surface area contributed by atoms with Crippen LogP contribution in [0.4, 0.5) is 14.5 Å². The van der Waals surface area contributed by atoms with Gasteiger partial charge in [-0.05, 0) is 101 Å². The highest BCUT2D eigenvalue weighted by molar-refractivity contribution is 5.88. The van der Waals surface area contributed by atoms with E-state index in [-0.39, 0.29) is 23.9 Å². The van der Waals surface area contributed by atoms with Gasteiger partial charge in [-0.15, -0.1) is 0 Å². The fourth-order valence-electron chi connectivity index (χ4n) is 6.25. The summed E-state index contributed by atoms with van der Waals surface area (Å²) in [5.74, 6) is -2.44. The number of halogens is 2. The molecule has 2 aliphatic rings. The molecule has 1 N–H and O–H groups in total. The normalized spacial score (nSPS) is 18.6. The molecule has 3 heterocycles. The number of benzene rings is 2. The third kappa shape index (κ3) is 7.24. The van der Waals surface area contributed by atoms with E-state index in [1.807, 2.05) is 46.8 Å². The Labute approximate surface area is 264 Å². The molecule has 0 bridgehead atoms. The maximum Gasteiger partial charge on any atom is 0.337 e. The predicted molar refractivity (Wildman–Crippen MR) is 170 cm³/mol. The number of carboxylic acids is 1. The number of carboxylic acid groups (broad SMARTS) is 1. The molecule has 0 spiro atoms. The molecule has 242 valence electrons. The molecule has 2 aromatic carbocycles. The summed E-state index contributed by atoms with van der Waals surface area (Å²) in [5, 5.41) is 10.4. The zero-order valence-electron chi connectivity index (χ0n) is 27.3. The van der Waals surface area contributed by atoms with Crippen LogP contribution in [-0.2, 0) is 16.0 Å². The summed E-state index contributed by atoms with van der Waals surface area (Å²) in [4.78, 5) is 20.0. The Bertz CT molecular complexity index is 1570. The Morgan fingerprint density at radius 2 is 1.84 bits per heavy atom. The van der Waals surface area contributed by atoms with Crippen LogP contribution in [-0.4, -0.2) is 47.5 Å². The van der Waals surface area contributed by atoms with Crippen LogP contribution in [0, 0.1) is 30.9 Å². The van der Waals surface area contributed by atoms with Crippen molar-refractivity contribution in [1.29, 1.82) is 0 Å². The molecule has 2 aliphatic heterocycles. The van der Waals surface area contributed by atoms with Gasteiger partial charge in [0.1, 0.15) is 18.5 Å². The third-order valence-electron chi connectivity index (χ3n) is 8.69.